The van der Waals surface area contributed by atoms with E-state index in [9.17, 15) is 0 Å². The molecule has 0 saturated carbocycles. The minimum atomic E-state index is 0.0106. The van der Waals surface area contributed by atoms with Gasteiger partial charge in [-0.2, -0.15) is 0 Å². The predicted octanol–water partition coefficient (Wildman–Crippen LogP) is 3.22. The van der Waals surface area contributed by atoms with E-state index in [1.54, 1.807) is 0 Å². The summed E-state index contributed by atoms with van der Waals surface area (Å²) in [5, 5.41) is 0. The van der Waals surface area contributed by atoms with Crippen molar-refractivity contribution in [2.45, 2.75) is 29.0 Å². The van der Waals surface area contributed by atoms with Crippen LogP contribution in [-0.4, -0.2) is 10.8 Å². The Bertz CT molecular complexity index is 489. The molecule has 1 aliphatic carbocycles. The third-order valence-electron chi connectivity index (χ3n) is 3.47. The molecular formula is C14H15NS. The molecule has 2 unspecified atom stereocenters. The Hall–Kier alpha value is -0.990. The van der Waals surface area contributed by atoms with Crippen LogP contribution in [0.1, 0.15) is 18.9 Å². The largest absolute Gasteiger partial charge is 0.323 e. The molecule has 1 aromatic carbocycles. The van der Waals surface area contributed by atoms with Gasteiger partial charge < -0.3 is 5.73 Å². The van der Waals surface area contributed by atoms with Crippen LogP contribution in [0.15, 0.2) is 47.4 Å². The highest BCUT2D eigenvalue weighted by Gasteiger charge is 2.42. The minimum Gasteiger partial charge on any atom is -0.323 e. The predicted molar refractivity (Wildman–Crippen MR) is 70.4 cm³/mol. The summed E-state index contributed by atoms with van der Waals surface area (Å²) in [6.45, 7) is 2.25. The van der Waals surface area contributed by atoms with Gasteiger partial charge in [-0.1, -0.05) is 36.4 Å². The molecule has 0 fully saturated rings. The van der Waals surface area contributed by atoms with Gasteiger partial charge in [0.25, 0.3) is 0 Å². The van der Waals surface area contributed by atoms with Crippen LogP contribution in [0.5, 0.6) is 0 Å². The van der Waals surface area contributed by atoms with Gasteiger partial charge in [0.15, 0.2) is 0 Å². The van der Waals surface area contributed by atoms with Gasteiger partial charge in [0.2, 0.25) is 0 Å². The number of rotatable bonds is 0. The topological polar surface area (TPSA) is 26.0 Å². The smallest absolute Gasteiger partial charge is 0.0616 e. The van der Waals surface area contributed by atoms with Crippen molar-refractivity contribution in [1.82, 2.24) is 0 Å². The van der Waals surface area contributed by atoms with Crippen LogP contribution >= 0.6 is 11.8 Å². The van der Waals surface area contributed by atoms with E-state index in [2.05, 4.69) is 49.4 Å². The Morgan fingerprint density at radius 2 is 2.19 bits per heavy atom. The first-order chi connectivity index (χ1) is 7.72. The lowest BCUT2D eigenvalue weighted by atomic mass is 9.88. The second-order valence-corrected chi connectivity index (χ2v) is 6.00. The van der Waals surface area contributed by atoms with Crippen LogP contribution < -0.4 is 5.73 Å². The van der Waals surface area contributed by atoms with E-state index in [1.807, 2.05) is 11.8 Å². The molecule has 1 nitrogen and oxygen atoms in total. The van der Waals surface area contributed by atoms with Gasteiger partial charge in [-0.3, -0.25) is 0 Å². The highest BCUT2D eigenvalue weighted by atomic mass is 32.2. The lowest BCUT2D eigenvalue weighted by molar-refractivity contribution is 0.705. The third-order valence-corrected chi connectivity index (χ3v) is 4.96. The number of hydrogen-bond donors (Lipinski definition) is 1. The van der Waals surface area contributed by atoms with Crippen molar-refractivity contribution >= 4 is 17.3 Å². The quantitative estimate of drug-likeness (QED) is 0.691. The number of benzene rings is 1. The van der Waals surface area contributed by atoms with Gasteiger partial charge in [0.05, 0.1) is 4.75 Å². The number of nitrogens with two attached hydrogens (primary N) is 1. The molecule has 1 aromatic rings. The number of hydrogen-bond acceptors (Lipinski definition) is 2. The van der Waals surface area contributed by atoms with Gasteiger partial charge >= 0.3 is 0 Å². The fourth-order valence-electron chi connectivity index (χ4n) is 2.48. The van der Waals surface area contributed by atoms with Crippen LogP contribution in [0.4, 0.5) is 0 Å². The molecule has 2 aliphatic rings. The highest BCUT2D eigenvalue weighted by Crippen LogP contribution is 2.54. The van der Waals surface area contributed by atoms with E-state index in [0.717, 1.165) is 6.42 Å². The maximum atomic E-state index is 6.29. The molecule has 82 valence electrons. The van der Waals surface area contributed by atoms with Gasteiger partial charge in [0, 0.05) is 10.9 Å². The molecule has 1 heterocycles. The summed E-state index contributed by atoms with van der Waals surface area (Å²) < 4.78 is 0.0106. The first-order valence-corrected chi connectivity index (χ1v) is 6.45. The summed E-state index contributed by atoms with van der Waals surface area (Å²) in [4.78, 5) is 1.36. The van der Waals surface area contributed by atoms with Crippen molar-refractivity contribution in [2.24, 2.45) is 5.73 Å². The average molecular weight is 229 g/mol. The summed E-state index contributed by atoms with van der Waals surface area (Å²) in [5.74, 6) is 0. The van der Waals surface area contributed by atoms with Crippen molar-refractivity contribution in [3.05, 3.63) is 48.1 Å². The van der Waals surface area contributed by atoms with E-state index >= 15 is 0 Å². The fraction of sp³-hybridized carbons (Fsp3) is 0.286. The van der Waals surface area contributed by atoms with Crippen molar-refractivity contribution in [3.63, 3.8) is 0 Å². The van der Waals surface area contributed by atoms with E-state index in [1.165, 1.54) is 16.0 Å². The highest BCUT2D eigenvalue weighted by molar-refractivity contribution is 8.01. The second-order valence-electron chi connectivity index (χ2n) is 4.51. The van der Waals surface area contributed by atoms with Crippen molar-refractivity contribution < 1.29 is 0 Å². The molecule has 3 rings (SSSR count). The molecule has 1 aliphatic heterocycles. The molecule has 2 heteroatoms. The van der Waals surface area contributed by atoms with Crippen molar-refractivity contribution in [2.75, 3.05) is 0 Å². The Morgan fingerprint density at radius 3 is 3.06 bits per heavy atom. The van der Waals surface area contributed by atoms with Gasteiger partial charge in [-0.15, -0.1) is 11.8 Å². The molecule has 0 bridgehead atoms. The summed E-state index contributed by atoms with van der Waals surface area (Å²) in [7, 11) is 0. The normalized spacial score (nSPS) is 31.6. The van der Waals surface area contributed by atoms with Gasteiger partial charge in [-0.05, 0) is 30.5 Å². The average Bonchev–Trinajstić information content (AvgIpc) is 2.50. The molecular weight excluding hydrogens is 214 g/mol. The van der Waals surface area contributed by atoms with E-state index in [4.69, 9.17) is 5.73 Å². The SMILES string of the molecule is CC12Sc3ccccc3C1=CCC=CC2N. The van der Waals surface area contributed by atoms with Crippen LogP contribution in [0.25, 0.3) is 5.57 Å². The van der Waals surface area contributed by atoms with E-state index in [-0.39, 0.29) is 10.8 Å². The lowest BCUT2D eigenvalue weighted by Crippen LogP contribution is -2.40. The number of thioether (sulfide) groups is 1. The monoisotopic (exact) mass is 229 g/mol. The maximum absolute atomic E-state index is 6.29. The Labute approximate surface area is 100 Å². The summed E-state index contributed by atoms with van der Waals surface area (Å²) in [5.41, 5.74) is 9.06. The molecule has 16 heavy (non-hydrogen) atoms. The standard InChI is InChI=1S/C14H15NS/c1-14-11(7-3-5-9-13(14)15)10-6-2-4-8-12(10)16-14/h2,4-9,13H,3,15H2,1H3. The van der Waals surface area contributed by atoms with Crippen molar-refractivity contribution in [1.29, 1.82) is 0 Å². The zero-order chi connectivity index (χ0) is 11.2. The maximum Gasteiger partial charge on any atom is 0.0616 e. The van der Waals surface area contributed by atoms with Gasteiger partial charge in [0.1, 0.15) is 0 Å². The minimum absolute atomic E-state index is 0.0106. The molecule has 0 spiro atoms. The van der Waals surface area contributed by atoms with Crippen LogP contribution in [0.3, 0.4) is 0 Å². The molecule has 2 N–H and O–H groups in total. The zero-order valence-electron chi connectivity index (χ0n) is 9.31. The second kappa shape index (κ2) is 3.51. The van der Waals surface area contributed by atoms with Gasteiger partial charge in [-0.25, -0.2) is 0 Å². The summed E-state index contributed by atoms with van der Waals surface area (Å²) >= 11 is 1.90. The first kappa shape index (κ1) is 10.2. The Kier molecular flexibility index (Phi) is 2.23. The molecule has 2 atom stereocenters. The number of fused-ring (bicyclic) bond motifs is 3. The van der Waals surface area contributed by atoms with E-state index in [0.29, 0.717) is 0 Å². The summed E-state index contributed by atoms with van der Waals surface area (Å²) in [6, 6.07) is 8.70. The zero-order valence-corrected chi connectivity index (χ0v) is 10.1. The Balaban J connectivity index is 2.18. The van der Waals surface area contributed by atoms with Crippen LogP contribution in [0.2, 0.25) is 0 Å². The molecule has 0 amide bonds. The van der Waals surface area contributed by atoms with Crippen molar-refractivity contribution in [3.8, 4) is 0 Å². The first-order valence-electron chi connectivity index (χ1n) is 5.63. The van der Waals surface area contributed by atoms with Crippen LogP contribution in [-0.2, 0) is 0 Å². The molecule has 0 saturated heterocycles. The van der Waals surface area contributed by atoms with Crippen LogP contribution in [0, 0.1) is 0 Å². The van der Waals surface area contributed by atoms with E-state index < -0.39 is 0 Å². The number of allylic oxidation sites excluding steroid dienone is 2. The molecule has 0 aromatic heterocycles. The summed E-state index contributed by atoms with van der Waals surface area (Å²) in [6.07, 6.45) is 7.63. The lowest BCUT2D eigenvalue weighted by Gasteiger charge is -2.29. The molecule has 0 radical (unpaired) electrons. The third kappa shape index (κ3) is 1.30. The Morgan fingerprint density at radius 1 is 1.38 bits per heavy atom. The fourth-order valence-corrected chi connectivity index (χ4v) is 3.89.